The third-order valence-electron chi connectivity index (χ3n) is 4.23. The Morgan fingerprint density at radius 1 is 1.11 bits per heavy atom. The van der Waals surface area contributed by atoms with Crippen molar-refractivity contribution in [3.8, 4) is 11.5 Å². The summed E-state index contributed by atoms with van der Waals surface area (Å²) in [5.74, 6) is 1.85. The molecule has 0 radical (unpaired) electrons. The minimum absolute atomic E-state index is 0.275. The number of carbonyl (C=O) groups is 1. The number of hydrogen-bond acceptors (Lipinski definition) is 3. The molecule has 0 aromatic heterocycles. The second-order valence-corrected chi connectivity index (χ2v) is 5.20. The molecule has 0 unspecified atom stereocenters. The fourth-order valence-corrected chi connectivity index (χ4v) is 3.16. The van der Waals surface area contributed by atoms with E-state index in [0.29, 0.717) is 13.2 Å². The van der Waals surface area contributed by atoms with E-state index >= 15 is 0 Å². The van der Waals surface area contributed by atoms with E-state index in [1.54, 1.807) is 6.92 Å². The minimum atomic E-state index is -0.282. The molecule has 1 aliphatic heterocycles. The summed E-state index contributed by atoms with van der Waals surface area (Å²) < 4.78 is 11.1. The van der Waals surface area contributed by atoms with Crippen molar-refractivity contribution in [1.29, 1.82) is 0 Å². The van der Waals surface area contributed by atoms with Gasteiger partial charge < -0.3 is 9.47 Å². The maximum Gasteiger partial charge on any atom is 0.161 e. The van der Waals surface area contributed by atoms with Crippen LogP contribution in [-0.2, 0) is 10.2 Å². The predicted molar refractivity (Wildman–Crippen MR) is 68.3 cm³/mol. The zero-order valence-electron chi connectivity index (χ0n) is 10.7. The second-order valence-electron chi connectivity index (χ2n) is 5.20. The Kier molecular flexibility index (Phi) is 2.77. The molecule has 96 valence electrons. The fraction of sp³-hybridized carbons (Fsp3) is 0.533. The van der Waals surface area contributed by atoms with Crippen LogP contribution in [0.2, 0.25) is 0 Å². The van der Waals surface area contributed by atoms with Gasteiger partial charge in [-0.2, -0.15) is 0 Å². The van der Waals surface area contributed by atoms with Crippen molar-refractivity contribution in [1.82, 2.24) is 0 Å². The van der Waals surface area contributed by atoms with Gasteiger partial charge in [-0.05, 0) is 37.5 Å². The first-order valence-electron chi connectivity index (χ1n) is 6.63. The van der Waals surface area contributed by atoms with E-state index in [-0.39, 0.29) is 11.2 Å². The van der Waals surface area contributed by atoms with Gasteiger partial charge in [0.05, 0.1) is 5.41 Å². The molecule has 1 heterocycles. The van der Waals surface area contributed by atoms with Gasteiger partial charge in [0.1, 0.15) is 19.0 Å². The average Bonchev–Trinajstić information content (AvgIpc) is 2.89. The SMILES string of the molecule is CC(=O)C1(c2ccc3c(c2)OCCO3)CCCC1. The standard InChI is InChI=1S/C15H18O3/c1-11(16)15(6-2-3-7-15)12-4-5-13-14(10-12)18-9-8-17-13/h4-5,10H,2-3,6-9H2,1H3. The van der Waals surface area contributed by atoms with Crippen molar-refractivity contribution in [3.05, 3.63) is 23.8 Å². The highest BCUT2D eigenvalue weighted by Crippen LogP contribution is 2.44. The Hall–Kier alpha value is -1.51. The van der Waals surface area contributed by atoms with E-state index in [9.17, 15) is 4.79 Å². The molecule has 1 aromatic rings. The van der Waals surface area contributed by atoms with Crippen molar-refractivity contribution < 1.29 is 14.3 Å². The molecule has 1 aliphatic carbocycles. The second kappa shape index (κ2) is 4.30. The summed E-state index contributed by atoms with van der Waals surface area (Å²) >= 11 is 0. The lowest BCUT2D eigenvalue weighted by Crippen LogP contribution is -2.31. The molecule has 0 saturated heterocycles. The van der Waals surface area contributed by atoms with Crippen LogP contribution in [0.3, 0.4) is 0 Å². The molecule has 3 rings (SSSR count). The number of carbonyl (C=O) groups excluding carboxylic acids is 1. The Morgan fingerprint density at radius 3 is 2.44 bits per heavy atom. The summed E-state index contributed by atoms with van der Waals surface area (Å²) in [6.45, 7) is 2.90. The molecule has 1 fully saturated rings. The maximum absolute atomic E-state index is 12.1. The quantitative estimate of drug-likeness (QED) is 0.805. The average molecular weight is 246 g/mol. The van der Waals surface area contributed by atoms with Crippen molar-refractivity contribution >= 4 is 5.78 Å². The number of Topliss-reactive ketones (excluding diaryl/α,β-unsaturated/α-hetero) is 1. The number of hydrogen-bond donors (Lipinski definition) is 0. The Morgan fingerprint density at radius 2 is 1.78 bits per heavy atom. The van der Waals surface area contributed by atoms with Gasteiger partial charge in [0.15, 0.2) is 11.5 Å². The Bertz CT molecular complexity index is 473. The predicted octanol–water partition coefficient (Wildman–Crippen LogP) is 2.86. The number of ether oxygens (including phenoxy) is 2. The molecule has 3 heteroatoms. The van der Waals surface area contributed by atoms with Crippen molar-refractivity contribution in [2.75, 3.05) is 13.2 Å². The summed E-state index contributed by atoms with van der Waals surface area (Å²) in [5, 5.41) is 0. The molecule has 3 nitrogen and oxygen atoms in total. The van der Waals surface area contributed by atoms with Gasteiger partial charge in [-0.25, -0.2) is 0 Å². The molecule has 0 spiro atoms. The first-order valence-corrected chi connectivity index (χ1v) is 6.63. The molecule has 0 N–H and O–H groups in total. The largest absolute Gasteiger partial charge is 0.486 e. The van der Waals surface area contributed by atoms with Crippen LogP contribution in [0.25, 0.3) is 0 Å². The highest BCUT2D eigenvalue weighted by Gasteiger charge is 2.40. The number of ketones is 1. The normalized spacial score (nSPS) is 20.7. The molecule has 18 heavy (non-hydrogen) atoms. The summed E-state index contributed by atoms with van der Waals surface area (Å²) in [6.07, 6.45) is 4.19. The van der Waals surface area contributed by atoms with Gasteiger partial charge in [0, 0.05) is 0 Å². The van der Waals surface area contributed by atoms with E-state index in [2.05, 4.69) is 0 Å². The van der Waals surface area contributed by atoms with Crippen LogP contribution in [-0.4, -0.2) is 19.0 Å². The monoisotopic (exact) mass is 246 g/mol. The molecule has 2 aliphatic rings. The lowest BCUT2D eigenvalue weighted by Gasteiger charge is -2.28. The van der Waals surface area contributed by atoms with E-state index in [1.165, 1.54) is 0 Å². The Labute approximate surface area is 107 Å². The zero-order valence-corrected chi connectivity index (χ0v) is 10.7. The van der Waals surface area contributed by atoms with Gasteiger partial charge in [-0.3, -0.25) is 4.79 Å². The summed E-state index contributed by atoms with van der Waals surface area (Å²) in [7, 11) is 0. The van der Waals surface area contributed by atoms with Crippen molar-refractivity contribution in [3.63, 3.8) is 0 Å². The first kappa shape index (κ1) is 11.6. The van der Waals surface area contributed by atoms with Crippen LogP contribution in [0.5, 0.6) is 11.5 Å². The highest BCUT2D eigenvalue weighted by atomic mass is 16.6. The summed E-state index contributed by atoms with van der Waals surface area (Å²) in [6, 6.07) is 5.97. The maximum atomic E-state index is 12.1. The molecule has 0 bridgehead atoms. The third kappa shape index (κ3) is 1.69. The van der Waals surface area contributed by atoms with Gasteiger partial charge in [0.25, 0.3) is 0 Å². The summed E-state index contributed by atoms with van der Waals surface area (Å²) in [4.78, 5) is 12.1. The van der Waals surface area contributed by atoms with Gasteiger partial charge >= 0.3 is 0 Å². The van der Waals surface area contributed by atoms with Crippen LogP contribution < -0.4 is 9.47 Å². The van der Waals surface area contributed by atoms with E-state index in [4.69, 9.17) is 9.47 Å². The van der Waals surface area contributed by atoms with Gasteiger partial charge in [-0.15, -0.1) is 0 Å². The molecule has 0 amide bonds. The first-order chi connectivity index (χ1) is 8.72. The van der Waals surface area contributed by atoms with E-state index < -0.39 is 0 Å². The Balaban J connectivity index is 2.02. The molecule has 1 saturated carbocycles. The van der Waals surface area contributed by atoms with Crippen LogP contribution >= 0.6 is 0 Å². The third-order valence-corrected chi connectivity index (χ3v) is 4.23. The molecule has 0 atom stereocenters. The van der Waals surface area contributed by atoms with E-state index in [1.807, 2.05) is 18.2 Å². The topological polar surface area (TPSA) is 35.5 Å². The fourth-order valence-electron chi connectivity index (χ4n) is 3.16. The number of fused-ring (bicyclic) bond motifs is 1. The van der Waals surface area contributed by atoms with Crippen molar-refractivity contribution in [2.24, 2.45) is 0 Å². The van der Waals surface area contributed by atoms with Crippen molar-refractivity contribution in [2.45, 2.75) is 38.0 Å². The van der Waals surface area contributed by atoms with Crippen LogP contribution in [0, 0.1) is 0 Å². The number of benzene rings is 1. The van der Waals surface area contributed by atoms with Gasteiger partial charge in [0.2, 0.25) is 0 Å². The zero-order chi connectivity index (χ0) is 12.6. The number of rotatable bonds is 2. The van der Waals surface area contributed by atoms with Gasteiger partial charge in [-0.1, -0.05) is 18.9 Å². The van der Waals surface area contributed by atoms with Crippen LogP contribution in [0.1, 0.15) is 38.2 Å². The lowest BCUT2D eigenvalue weighted by atomic mass is 9.75. The molecule has 1 aromatic carbocycles. The minimum Gasteiger partial charge on any atom is -0.486 e. The van der Waals surface area contributed by atoms with Crippen LogP contribution in [0.15, 0.2) is 18.2 Å². The van der Waals surface area contributed by atoms with E-state index in [0.717, 1.165) is 42.7 Å². The highest BCUT2D eigenvalue weighted by molar-refractivity contribution is 5.88. The summed E-state index contributed by atoms with van der Waals surface area (Å²) in [5.41, 5.74) is 0.812. The molecular formula is C15H18O3. The van der Waals surface area contributed by atoms with Crippen LogP contribution in [0.4, 0.5) is 0 Å². The smallest absolute Gasteiger partial charge is 0.161 e. The molecular weight excluding hydrogens is 228 g/mol. The lowest BCUT2D eigenvalue weighted by molar-refractivity contribution is -0.122.